The molecule has 0 spiro atoms. The zero-order valence-electron chi connectivity index (χ0n) is 16.7. The standard InChI is InChI=1S/C20H27NO5S/c1-13-9-14(2)20(15(3)10-13)27(22,23)21-8-7-16-11-17(24-4)12-18(25-5)19(16)26-6/h9-12,21H,7-8H2,1-6H3. The summed E-state index contributed by atoms with van der Waals surface area (Å²) in [5.41, 5.74) is 3.31. The minimum Gasteiger partial charge on any atom is -0.497 e. The Labute approximate surface area is 161 Å². The third-order valence-electron chi connectivity index (χ3n) is 4.32. The van der Waals surface area contributed by atoms with Gasteiger partial charge in [-0.15, -0.1) is 0 Å². The molecule has 0 heterocycles. The maximum absolute atomic E-state index is 12.8. The highest BCUT2D eigenvalue weighted by Crippen LogP contribution is 2.35. The fourth-order valence-electron chi connectivity index (χ4n) is 3.30. The Morgan fingerprint density at radius 3 is 2.04 bits per heavy atom. The Morgan fingerprint density at radius 1 is 0.889 bits per heavy atom. The van der Waals surface area contributed by atoms with Crippen LogP contribution in [0.15, 0.2) is 29.2 Å². The highest BCUT2D eigenvalue weighted by Gasteiger charge is 2.20. The van der Waals surface area contributed by atoms with Gasteiger partial charge in [0.1, 0.15) is 5.75 Å². The second-order valence-corrected chi connectivity index (χ2v) is 8.10. The SMILES string of the molecule is COc1cc(CCNS(=O)(=O)c2c(C)cc(C)cc2C)c(OC)c(OC)c1. The predicted octanol–water partition coefficient (Wildman–Crippen LogP) is 3.16. The number of hydrogen-bond acceptors (Lipinski definition) is 5. The van der Waals surface area contributed by atoms with E-state index in [2.05, 4.69) is 4.72 Å². The van der Waals surface area contributed by atoms with E-state index in [1.54, 1.807) is 27.4 Å². The van der Waals surface area contributed by atoms with E-state index in [-0.39, 0.29) is 6.54 Å². The number of hydrogen-bond donors (Lipinski definition) is 1. The van der Waals surface area contributed by atoms with E-state index in [1.807, 2.05) is 39.0 Å². The van der Waals surface area contributed by atoms with E-state index in [4.69, 9.17) is 14.2 Å². The summed E-state index contributed by atoms with van der Waals surface area (Å²) in [7, 11) is 1.05. The summed E-state index contributed by atoms with van der Waals surface area (Å²) in [5, 5.41) is 0. The molecule has 0 atom stereocenters. The summed E-state index contributed by atoms with van der Waals surface area (Å²) in [5.74, 6) is 1.73. The zero-order chi connectivity index (χ0) is 20.2. The molecule has 0 aliphatic heterocycles. The topological polar surface area (TPSA) is 73.9 Å². The number of nitrogens with one attached hydrogen (secondary N) is 1. The third kappa shape index (κ3) is 4.73. The summed E-state index contributed by atoms with van der Waals surface area (Å²) in [6.07, 6.45) is 0.430. The van der Waals surface area contributed by atoms with Crippen LogP contribution in [-0.4, -0.2) is 36.3 Å². The lowest BCUT2D eigenvalue weighted by Crippen LogP contribution is -2.27. The molecular weight excluding hydrogens is 366 g/mol. The van der Waals surface area contributed by atoms with Gasteiger partial charge in [0.15, 0.2) is 11.5 Å². The number of sulfonamides is 1. The van der Waals surface area contributed by atoms with Crippen LogP contribution in [0, 0.1) is 20.8 Å². The van der Waals surface area contributed by atoms with Gasteiger partial charge in [0.2, 0.25) is 10.0 Å². The van der Waals surface area contributed by atoms with E-state index in [0.29, 0.717) is 28.6 Å². The Bertz CT molecular complexity index is 899. The molecule has 27 heavy (non-hydrogen) atoms. The van der Waals surface area contributed by atoms with Gasteiger partial charge in [0.05, 0.1) is 26.2 Å². The molecule has 0 radical (unpaired) electrons. The highest BCUT2D eigenvalue weighted by molar-refractivity contribution is 7.89. The molecule has 2 aromatic carbocycles. The fraction of sp³-hybridized carbons (Fsp3) is 0.400. The van der Waals surface area contributed by atoms with Crippen LogP contribution in [-0.2, 0) is 16.4 Å². The maximum Gasteiger partial charge on any atom is 0.241 e. The molecule has 6 nitrogen and oxygen atoms in total. The molecule has 7 heteroatoms. The zero-order valence-corrected chi connectivity index (χ0v) is 17.5. The van der Waals surface area contributed by atoms with Crippen molar-refractivity contribution in [1.82, 2.24) is 4.72 Å². The van der Waals surface area contributed by atoms with Crippen LogP contribution in [0.25, 0.3) is 0 Å². The number of aryl methyl sites for hydroxylation is 3. The minimum absolute atomic E-state index is 0.224. The van der Waals surface area contributed by atoms with Gasteiger partial charge in [-0.1, -0.05) is 17.7 Å². The van der Waals surface area contributed by atoms with Gasteiger partial charge in [-0.25, -0.2) is 13.1 Å². The predicted molar refractivity (Wildman–Crippen MR) is 106 cm³/mol. The largest absolute Gasteiger partial charge is 0.497 e. The Balaban J connectivity index is 2.23. The van der Waals surface area contributed by atoms with Gasteiger partial charge in [0, 0.05) is 18.2 Å². The molecule has 148 valence electrons. The van der Waals surface area contributed by atoms with Gasteiger partial charge in [-0.3, -0.25) is 0 Å². The number of rotatable bonds is 8. The second kappa shape index (κ2) is 8.63. The molecule has 0 saturated heterocycles. The quantitative estimate of drug-likeness (QED) is 0.746. The normalized spacial score (nSPS) is 11.3. The van der Waals surface area contributed by atoms with Gasteiger partial charge in [0.25, 0.3) is 0 Å². The summed E-state index contributed by atoms with van der Waals surface area (Å²) < 4.78 is 44.3. The van der Waals surface area contributed by atoms with Crippen LogP contribution in [0.2, 0.25) is 0 Å². The van der Waals surface area contributed by atoms with Crippen molar-refractivity contribution in [3.05, 3.63) is 46.5 Å². The Morgan fingerprint density at radius 2 is 1.52 bits per heavy atom. The molecule has 0 saturated carbocycles. The van der Waals surface area contributed by atoms with Crippen molar-refractivity contribution in [3.8, 4) is 17.2 Å². The second-order valence-electron chi connectivity index (χ2n) is 6.40. The van der Waals surface area contributed by atoms with E-state index in [9.17, 15) is 8.42 Å². The van der Waals surface area contributed by atoms with Gasteiger partial charge >= 0.3 is 0 Å². The van der Waals surface area contributed by atoms with Crippen molar-refractivity contribution in [2.75, 3.05) is 27.9 Å². The maximum atomic E-state index is 12.8. The minimum atomic E-state index is -3.61. The van der Waals surface area contributed by atoms with E-state index in [0.717, 1.165) is 22.3 Å². The van der Waals surface area contributed by atoms with Crippen molar-refractivity contribution in [1.29, 1.82) is 0 Å². The first-order chi connectivity index (χ1) is 12.7. The molecule has 0 amide bonds. The Hall–Kier alpha value is -2.25. The van der Waals surface area contributed by atoms with Crippen molar-refractivity contribution < 1.29 is 22.6 Å². The first-order valence-corrected chi connectivity index (χ1v) is 10.1. The molecular formula is C20H27NO5S. The van der Waals surface area contributed by atoms with Crippen molar-refractivity contribution in [2.24, 2.45) is 0 Å². The number of methoxy groups -OCH3 is 3. The third-order valence-corrected chi connectivity index (χ3v) is 6.09. The molecule has 0 aromatic heterocycles. The lowest BCUT2D eigenvalue weighted by Gasteiger charge is -2.16. The molecule has 0 aliphatic carbocycles. The van der Waals surface area contributed by atoms with Gasteiger partial charge in [-0.05, 0) is 44.4 Å². The number of ether oxygens (including phenoxy) is 3. The first kappa shape index (κ1) is 21.1. The summed E-state index contributed by atoms with van der Waals surface area (Å²) in [4.78, 5) is 0.336. The Kier molecular flexibility index (Phi) is 6.73. The molecule has 0 unspecified atom stereocenters. The van der Waals surface area contributed by atoms with Crippen molar-refractivity contribution in [3.63, 3.8) is 0 Å². The van der Waals surface area contributed by atoms with Crippen LogP contribution >= 0.6 is 0 Å². The molecule has 2 rings (SSSR count). The van der Waals surface area contributed by atoms with Crippen LogP contribution in [0.4, 0.5) is 0 Å². The molecule has 0 bridgehead atoms. The van der Waals surface area contributed by atoms with Gasteiger partial charge < -0.3 is 14.2 Å². The van der Waals surface area contributed by atoms with E-state index < -0.39 is 10.0 Å². The molecule has 1 N–H and O–H groups in total. The van der Waals surface area contributed by atoms with Crippen molar-refractivity contribution >= 4 is 10.0 Å². The smallest absolute Gasteiger partial charge is 0.241 e. The molecule has 0 fully saturated rings. The van der Waals surface area contributed by atoms with Crippen LogP contribution in [0.5, 0.6) is 17.2 Å². The monoisotopic (exact) mass is 393 g/mol. The first-order valence-electron chi connectivity index (χ1n) is 8.60. The molecule has 0 aliphatic rings. The fourth-order valence-corrected chi connectivity index (χ4v) is 4.78. The highest BCUT2D eigenvalue weighted by atomic mass is 32.2. The van der Waals surface area contributed by atoms with Crippen LogP contribution < -0.4 is 18.9 Å². The van der Waals surface area contributed by atoms with Crippen molar-refractivity contribution in [2.45, 2.75) is 32.1 Å². The summed E-state index contributed by atoms with van der Waals surface area (Å²) in [6, 6.07) is 7.29. The lowest BCUT2D eigenvalue weighted by atomic mass is 10.1. The summed E-state index contributed by atoms with van der Waals surface area (Å²) >= 11 is 0. The molecule has 2 aromatic rings. The summed E-state index contributed by atoms with van der Waals surface area (Å²) in [6.45, 7) is 5.79. The average molecular weight is 394 g/mol. The lowest BCUT2D eigenvalue weighted by molar-refractivity contribution is 0.345. The van der Waals surface area contributed by atoms with Crippen LogP contribution in [0.3, 0.4) is 0 Å². The average Bonchev–Trinajstić information content (AvgIpc) is 2.59. The van der Waals surface area contributed by atoms with E-state index >= 15 is 0 Å². The van der Waals surface area contributed by atoms with E-state index in [1.165, 1.54) is 0 Å². The van der Waals surface area contributed by atoms with Gasteiger partial charge in [-0.2, -0.15) is 0 Å². The number of benzene rings is 2. The van der Waals surface area contributed by atoms with Crippen LogP contribution in [0.1, 0.15) is 22.3 Å².